The van der Waals surface area contributed by atoms with Crippen molar-refractivity contribution in [2.24, 2.45) is 0 Å². The number of hydrogen-bond donors (Lipinski definition) is 0. The molecule has 34 valence electrons. The van der Waals surface area contributed by atoms with E-state index >= 15 is 0 Å². The van der Waals surface area contributed by atoms with Gasteiger partial charge in [-0.05, 0) is 6.92 Å². The van der Waals surface area contributed by atoms with Crippen molar-refractivity contribution in [3.63, 3.8) is 0 Å². The van der Waals surface area contributed by atoms with Gasteiger partial charge in [-0.2, -0.15) is 0 Å². The molecule has 0 aromatic heterocycles. The average Bonchev–Trinajstić information content (AvgIpc) is 1.65. The summed E-state index contributed by atoms with van der Waals surface area (Å²) in [5.74, 6) is 2.39. The number of methoxy groups -OCH3 is 1. The molecule has 0 aromatic carbocycles. The minimum atomic E-state index is -0.0370. The lowest BCUT2D eigenvalue weighted by Gasteiger charge is -1.94. The van der Waals surface area contributed by atoms with Crippen LogP contribution >= 0.6 is 0 Å². The molecule has 0 aliphatic rings. The summed E-state index contributed by atoms with van der Waals surface area (Å²) < 4.78 is 4.66. The largest absolute Gasteiger partial charge is 0.369 e. The highest BCUT2D eigenvalue weighted by molar-refractivity contribution is 4.90. The minimum Gasteiger partial charge on any atom is -0.369 e. The summed E-state index contributed by atoms with van der Waals surface area (Å²) in [6.45, 7) is 1.82. The maximum Gasteiger partial charge on any atom is 0.114 e. The van der Waals surface area contributed by atoms with Gasteiger partial charge in [0.15, 0.2) is 0 Å². The van der Waals surface area contributed by atoms with E-state index in [0.717, 1.165) is 0 Å². The summed E-state index contributed by atoms with van der Waals surface area (Å²) in [5, 5.41) is 0. The second-order valence-corrected chi connectivity index (χ2v) is 1.04. The van der Waals surface area contributed by atoms with Crippen molar-refractivity contribution in [1.82, 2.24) is 0 Å². The van der Waals surface area contributed by atoms with E-state index in [1.807, 2.05) is 6.92 Å². The number of hydrogen-bond acceptors (Lipinski definition) is 1. The van der Waals surface area contributed by atoms with Crippen LogP contribution in [-0.2, 0) is 4.74 Å². The maximum atomic E-state index is 4.91. The molecular formula is C5H8O. The third-order valence-corrected chi connectivity index (χ3v) is 0.588. The van der Waals surface area contributed by atoms with Crippen molar-refractivity contribution < 1.29 is 4.74 Å². The Kier molecular flexibility index (Phi) is 2.52. The molecule has 0 bridgehead atoms. The second-order valence-electron chi connectivity index (χ2n) is 1.04. The molecule has 6 heavy (non-hydrogen) atoms. The zero-order valence-corrected chi connectivity index (χ0v) is 4.06. The van der Waals surface area contributed by atoms with E-state index in [-0.39, 0.29) is 6.10 Å². The van der Waals surface area contributed by atoms with Gasteiger partial charge in [-0.3, -0.25) is 0 Å². The fraction of sp³-hybridized carbons (Fsp3) is 0.600. The highest BCUT2D eigenvalue weighted by Crippen LogP contribution is 1.78. The Morgan fingerprint density at radius 1 is 1.83 bits per heavy atom. The smallest absolute Gasteiger partial charge is 0.114 e. The molecule has 1 nitrogen and oxygen atoms in total. The van der Waals surface area contributed by atoms with Crippen LogP contribution in [0.25, 0.3) is 0 Å². The van der Waals surface area contributed by atoms with Crippen LogP contribution in [0, 0.1) is 12.3 Å². The van der Waals surface area contributed by atoms with Gasteiger partial charge in [0.25, 0.3) is 0 Å². The average molecular weight is 84.1 g/mol. The maximum absolute atomic E-state index is 4.91. The predicted octanol–water partition coefficient (Wildman–Crippen LogP) is 0.654. The molecule has 0 heterocycles. The lowest BCUT2D eigenvalue weighted by atomic mass is 10.4. The first-order chi connectivity index (χ1) is 2.81. The molecule has 0 radical (unpaired) electrons. The summed E-state index contributed by atoms with van der Waals surface area (Å²) in [5.41, 5.74) is 0. The monoisotopic (exact) mass is 84.1 g/mol. The van der Waals surface area contributed by atoms with Gasteiger partial charge < -0.3 is 4.74 Å². The van der Waals surface area contributed by atoms with Gasteiger partial charge in [-0.25, -0.2) is 0 Å². The molecule has 1 atom stereocenters. The van der Waals surface area contributed by atoms with Crippen molar-refractivity contribution in [2.75, 3.05) is 7.11 Å². The van der Waals surface area contributed by atoms with Crippen LogP contribution in [0.4, 0.5) is 0 Å². The molecular weight excluding hydrogens is 76.1 g/mol. The molecule has 0 rings (SSSR count). The molecule has 1 heteroatoms. The molecule has 0 aromatic rings. The van der Waals surface area contributed by atoms with Gasteiger partial charge >= 0.3 is 0 Å². The lowest BCUT2D eigenvalue weighted by Crippen LogP contribution is -1.97. The summed E-state index contributed by atoms with van der Waals surface area (Å²) in [6, 6.07) is 0. The van der Waals surface area contributed by atoms with Crippen molar-refractivity contribution in [3.8, 4) is 12.3 Å². The van der Waals surface area contributed by atoms with Crippen LogP contribution in [-0.4, -0.2) is 13.2 Å². The number of ether oxygens (including phenoxy) is 1. The molecule has 0 amide bonds. The molecule has 0 spiro atoms. The zero-order chi connectivity index (χ0) is 4.99. The van der Waals surface area contributed by atoms with Gasteiger partial charge in [0.1, 0.15) is 6.10 Å². The number of rotatable bonds is 1. The fourth-order valence-corrected chi connectivity index (χ4v) is 0.0680. The van der Waals surface area contributed by atoms with Crippen LogP contribution in [0.15, 0.2) is 0 Å². The summed E-state index contributed by atoms with van der Waals surface area (Å²) in [7, 11) is 1.59. The standard InChI is InChI=1S/C5H8O/c1-4-5(2)6-3/h1,5H,2-3H3/t5-/m1/s1. The van der Waals surface area contributed by atoms with Crippen LogP contribution in [0.3, 0.4) is 0 Å². The van der Waals surface area contributed by atoms with Crippen molar-refractivity contribution in [1.29, 1.82) is 0 Å². The molecule has 0 saturated heterocycles. The Bertz CT molecular complexity index is 60.8. The topological polar surface area (TPSA) is 9.23 Å². The van der Waals surface area contributed by atoms with E-state index in [4.69, 9.17) is 6.42 Å². The van der Waals surface area contributed by atoms with Crippen LogP contribution in [0.5, 0.6) is 0 Å². The highest BCUT2D eigenvalue weighted by Gasteiger charge is 1.84. The Hall–Kier alpha value is -0.480. The molecule has 0 fully saturated rings. The first kappa shape index (κ1) is 5.52. The first-order valence-corrected chi connectivity index (χ1v) is 1.80. The van der Waals surface area contributed by atoms with Gasteiger partial charge in [0.2, 0.25) is 0 Å². The Morgan fingerprint density at radius 2 is 2.33 bits per heavy atom. The number of terminal acetylenes is 1. The molecule has 0 aliphatic heterocycles. The van der Waals surface area contributed by atoms with E-state index < -0.39 is 0 Å². The third kappa shape index (κ3) is 1.80. The third-order valence-electron chi connectivity index (χ3n) is 0.588. The van der Waals surface area contributed by atoms with E-state index in [9.17, 15) is 0 Å². The Balaban J connectivity index is 3.04. The predicted molar refractivity (Wildman–Crippen MR) is 25.3 cm³/mol. The molecule has 0 saturated carbocycles. The van der Waals surface area contributed by atoms with Crippen molar-refractivity contribution in [2.45, 2.75) is 13.0 Å². The minimum absolute atomic E-state index is 0.0370. The van der Waals surface area contributed by atoms with E-state index in [2.05, 4.69) is 10.7 Å². The lowest BCUT2D eigenvalue weighted by molar-refractivity contribution is 0.164. The SMILES string of the molecule is C#C[C@@H](C)OC. The van der Waals surface area contributed by atoms with Crippen LogP contribution in [0.1, 0.15) is 6.92 Å². The molecule has 0 N–H and O–H groups in total. The van der Waals surface area contributed by atoms with Crippen molar-refractivity contribution in [3.05, 3.63) is 0 Å². The van der Waals surface area contributed by atoms with Crippen molar-refractivity contribution >= 4 is 0 Å². The van der Waals surface area contributed by atoms with Gasteiger partial charge in [0.05, 0.1) is 0 Å². The summed E-state index contributed by atoms with van der Waals surface area (Å²) in [4.78, 5) is 0. The fourth-order valence-electron chi connectivity index (χ4n) is 0.0680. The van der Waals surface area contributed by atoms with E-state index in [0.29, 0.717) is 0 Å². The molecule has 0 aliphatic carbocycles. The zero-order valence-electron chi connectivity index (χ0n) is 4.06. The normalized spacial score (nSPS) is 12.8. The van der Waals surface area contributed by atoms with Gasteiger partial charge in [-0.15, -0.1) is 6.42 Å². The van der Waals surface area contributed by atoms with E-state index in [1.165, 1.54) is 0 Å². The second kappa shape index (κ2) is 2.74. The quantitative estimate of drug-likeness (QED) is 0.424. The van der Waals surface area contributed by atoms with Gasteiger partial charge in [0, 0.05) is 7.11 Å². The Morgan fingerprint density at radius 3 is 2.33 bits per heavy atom. The Labute approximate surface area is 38.3 Å². The van der Waals surface area contributed by atoms with E-state index in [1.54, 1.807) is 7.11 Å². The first-order valence-electron chi connectivity index (χ1n) is 1.80. The molecule has 0 unspecified atom stereocenters. The van der Waals surface area contributed by atoms with Gasteiger partial charge in [-0.1, -0.05) is 5.92 Å². The highest BCUT2D eigenvalue weighted by atomic mass is 16.5. The van der Waals surface area contributed by atoms with Crippen LogP contribution < -0.4 is 0 Å². The summed E-state index contributed by atoms with van der Waals surface area (Å²) in [6.07, 6.45) is 4.87. The summed E-state index contributed by atoms with van der Waals surface area (Å²) >= 11 is 0. The van der Waals surface area contributed by atoms with Crippen LogP contribution in [0.2, 0.25) is 0 Å².